The van der Waals surface area contributed by atoms with Crippen LogP contribution in [0.4, 0.5) is 4.79 Å². The first-order chi connectivity index (χ1) is 13.5. The number of aliphatic carboxylic acids is 1. The van der Waals surface area contributed by atoms with Gasteiger partial charge in [0.2, 0.25) is 0 Å². The number of carbonyl (C=O) groups excluding carboxylic acids is 1. The third-order valence-electron chi connectivity index (χ3n) is 5.40. The van der Waals surface area contributed by atoms with Gasteiger partial charge < -0.3 is 15.3 Å². The predicted octanol–water partition coefficient (Wildman–Crippen LogP) is 2.46. The lowest BCUT2D eigenvalue weighted by Crippen LogP contribution is -2.50. The number of hydrogen-bond donors (Lipinski definition) is 2. The summed E-state index contributed by atoms with van der Waals surface area (Å²) < 4.78 is 1.77. The standard InChI is InChI=1S/C20H27N5O3/c1-3-17(23-20(28)24-10-8-16(9-11-24)19(26)27)18(25-13-21-12-22-25)15-6-4-14(2)5-7-15/h4-7,12-13,16-18H,3,8-11H2,1-2H3,(H,23,28)(H,26,27). The van der Waals surface area contributed by atoms with E-state index in [2.05, 4.69) is 27.5 Å². The first kappa shape index (κ1) is 19.9. The zero-order chi connectivity index (χ0) is 20.1. The molecule has 150 valence electrons. The number of amides is 2. The summed E-state index contributed by atoms with van der Waals surface area (Å²) >= 11 is 0. The molecule has 0 radical (unpaired) electrons. The molecule has 1 fully saturated rings. The molecule has 0 aliphatic carbocycles. The minimum absolute atomic E-state index is 0.159. The van der Waals surface area contributed by atoms with Gasteiger partial charge in [-0.15, -0.1) is 0 Å². The Labute approximate surface area is 164 Å². The summed E-state index contributed by atoms with van der Waals surface area (Å²) in [4.78, 5) is 29.7. The number of urea groups is 1. The second-order valence-corrected chi connectivity index (χ2v) is 7.29. The molecule has 2 aromatic rings. The summed E-state index contributed by atoms with van der Waals surface area (Å²) in [5.74, 6) is -1.14. The molecular weight excluding hydrogens is 358 g/mol. The van der Waals surface area contributed by atoms with E-state index in [1.54, 1.807) is 15.9 Å². The number of benzene rings is 1. The molecule has 2 N–H and O–H groups in total. The van der Waals surface area contributed by atoms with E-state index < -0.39 is 5.97 Å². The minimum Gasteiger partial charge on any atom is -0.481 e. The molecule has 0 saturated carbocycles. The fourth-order valence-corrected chi connectivity index (χ4v) is 3.68. The number of nitrogens with one attached hydrogen (secondary N) is 1. The lowest BCUT2D eigenvalue weighted by atomic mass is 9.96. The average Bonchev–Trinajstić information content (AvgIpc) is 3.23. The van der Waals surface area contributed by atoms with Crippen LogP contribution in [0.5, 0.6) is 0 Å². The smallest absolute Gasteiger partial charge is 0.317 e. The molecule has 2 amide bonds. The molecule has 2 unspecified atom stereocenters. The zero-order valence-electron chi connectivity index (χ0n) is 16.3. The number of carboxylic acid groups (broad SMARTS) is 1. The van der Waals surface area contributed by atoms with Gasteiger partial charge in [0.25, 0.3) is 0 Å². The van der Waals surface area contributed by atoms with Crippen molar-refractivity contribution in [3.63, 3.8) is 0 Å². The van der Waals surface area contributed by atoms with Gasteiger partial charge >= 0.3 is 12.0 Å². The highest BCUT2D eigenvalue weighted by Crippen LogP contribution is 2.24. The Morgan fingerprint density at radius 2 is 1.93 bits per heavy atom. The predicted molar refractivity (Wildman–Crippen MR) is 104 cm³/mol. The van der Waals surface area contributed by atoms with Gasteiger partial charge in [0.05, 0.1) is 18.0 Å². The van der Waals surface area contributed by atoms with Crippen molar-refractivity contribution in [3.8, 4) is 0 Å². The molecule has 1 saturated heterocycles. The lowest BCUT2D eigenvalue weighted by molar-refractivity contribution is -0.143. The van der Waals surface area contributed by atoms with Gasteiger partial charge in [0.15, 0.2) is 0 Å². The number of rotatable bonds is 6. The Kier molecular flexibility index (Phi) is 6.28. The van der Waals surface area contributed by atoms with Crippen LogP contribution >= 0.6 is 0 Å². The third kappa shape index (κ3) is 4.49. The van der Waals surface area contributed by atoms with E-state index in [0.29, 0.717) is 25.9 Å². The summed E-state index contributed by atoms with van der Waals surface area (Å²) in [5, 5.41) is 16.6. The van der Waals surface area contributed by atoms with E-state index in [1.807, 2.05) is 26.0 Å². The van der Waals surface area contributed by atoms with E-state index in [1.165, 1.54) is 11.9 Å². The maximum atomic E-state index is 12.8. The summed E-state index contributed by atoms with van der Waals surface area (Å²) in [6.45, 7) is 4.98. The van der Waals surface area contributed by atoms with E-state index in [-0.39, 0.29) is 24.0 Å². The minimum atomic E-state index is -0.780. The third-order valence-corrected chi connectivity index (χ3v) is 5.40. The molecule has 1 aromatic heterocycles. The van der Waals surface area contributed by atoms with E-state index in [0.717, 1.165) is 12.0 Å². The van der Waals surface area contributed by atoms with Crippen LogP contribution in [0.2, 0.25) is 0 Å². The van der Waals surface area contributed by atoms with Crippen LogP contribution < -0.4 is 5.32 Å². The van der Waals surface area contributed by atoms with Gasteiger partial charge in [-0.25, -0.2) is 14.5 Å². The number of piperidine rings is 1. The highest BCUT2D eigenvalue weighted by atomic mass is 16.4. The maximum absolute atomic E-state index is 12.8. The van der Waals surface area contributed by atoms with E-state index in [4.69, 9.17) is 5.11 Å². The number of likely N-dealkylation sites (tertiary alicyclic amines) is 1. The number of hydrogen-bond acceptors (Lipinski definition) is 4. The van der Waals surface area contributed by atoms with Crippen LogP contribution in [-0.4, -0.2) is 55.9 Å². The molecule has 28 heavy (non-hydrogen) atoms. The molecule has 8 nitrogen and oxygen atoms in total. The molecule has 3 rings (SSSR count). The number of carbonyl (C=O) groups is 2. The molecule has 0 spiro atoms. The highest BCUT2D eigenvalue weighted by Gasteiger charge is 2.30. The van der Waals surface area contributed by atoms with Crippen LogP contribution in [0, 0.1) is 12.8 Å². The van der Waals surface area contributed by atoms with Gasteiger partial charge in [-0.05, 0) is 31.7 Å². The first-order valence-corrected chi connectivity index (χ1v) is 9.68. The zero-order valence-corrected chi connectivity index (χ0v) is 16.3. The van der Waals surface area contributed by atoms with Gasteiger partial charge in [0, 0.05) is 13.1 Å². The number of carboxylic acids is 1. The Bertz CT molecular complexity index is 783. The van der Waals surface area contributed by atoms with Gasteiger partial charge in [0.1, 0.15) is 12.7 Å². The normalized spacial score (nSPS) is 17.1. The number of nitrogens with zero attached hydrogens (tertiary/aromatic N) is 4. The summed E-state index contributed by atoms with van der Waals surface area (Å²) in [5.41, 5.74) is 2.22. The molecule has 2 atom stereocenters. The Balaban J connectivity index is 1.74. The fourth-order valence-electron chi connectivity index (χ4n) is 3.68. The first-order valence-electron chi connectivity index (χ1n) is 9.68. The Hall–Kier alpha value is -2.90. The molecule has 0 bridgehead atoms. The van der Waals surface area contributed by atoms with Crippen LogP contribution in [0.15, 0.2) is 36.9 Å². The molecule has 1 aliphatic rings. The van der Waals surface area contributed by atoms with Crippen LogP contribution in [0.25, 0.3) is 0 Å². The fraction of sp³-hybridized carbons (Fsp3) is 0.500. The van der Waals surface area contributed by atoms with Crippen molar-refractivity contribution in [1.29, 1.82) is 0 Å². The largest absolute Gasteiger partial charge is 0.481 e. The molecular formula is C20H27N5O3. The van der Waals surface area contributed by atoms with Crippen LogP contribution in [-0.2, 0) is 4.79 Å². The Morgan fingerprint density at radius 1 is 1.25 bits per heavy atom. The second kappa shape index (κ2) is 8.86. The average molecular weight is 385 g/mol. The van der Waals surface area contributed by atoms with Crippen LogP contribution in [0.3, 0.4) is 0 Å². The maximum Gasteiger partial charge on any atom is 0.317 e. The number of aromatic nitrogens is 3. The molecule has 2 heterocycles. The summed E-state index contributed by atoms with van der Waals surface area (Å²) in [6.07, 6.45) is 4.86. The van der Waals surface area contributed by atoms with E-state index >= 15 is 0 Å². The summed E-state index contributed by atoms with van der Waals surface area (Å²) in [6, 6.07) is 7.69. The monoisotopic (exact) mass is 385 g/mol. The van der Waals surface area contributed by atoms with E-state index in [9.17, 15) is 9.59 Å². The molecule has 1 aliphatic heterocycles. The number of aryl methyl sites for hydroxylation is 1. The second-order valence-electron chi connectivity index (χ2n) is 7.29. The van der Waals surface area contributed by atoms with Crippen molar-refractivity contribution < 1.29 is 14.7 Å². The van der Waals surface area contributed by atoms with Crippen molar-refractivity contribution >= 4 is 12.0 Å². The quantitative estimate of drug-likeness (QED) is 0.796. The van der Waals surface area contributed by atoms with Crippen molar-refractivity contribution in [2.24, 2.45) is 5.92 Å². The Morgan fingerprint density at radius 3 is 2.46 bits per heavy atom. The molecule has 8 heteroatoms. The van der Waals surface area contributed by atoms with Gasteiger partial charge in [-0.3, -0.25) is 4.79 Å². The van der Waals surface area contributed by atoms with Gasteiger partial charge in [-0.1, -0.05) is 36.8 Å². The van der Waals surface area contributed by atoms with Crippen molar-refractivity contribution in [2.45, 2.75) is 45.2 Å². The van der Waals surface area contributed by atoms with Crippen molar-refractivity contribution in [3.05, 3.63) is 48.0 Å². The van der Waals surface area contributed by atoms with Gasteiger partial charge in [-0.2, -0.15) is 5.10 Å². The summed E-state index contributed by atoms with van der Waals surface area (Å²) in [7, 11) is 0. The lowest BCUT2D eigenvalue weighted by Gasteiger charge is -2.34. The van der Waals surface area contributed by atoms with Crippen molar-refractivity contribution in [1.82, 2.24) is 25.0 Å². The molecule has 1 aromatic carbocycles. The van der Waals surface area contributed by atoms with Crippen LogP contribution in [0.1, 0.15) is 43.4 Å². The van der Waals surface area contributed by atoms with Crippen molar-refractivity contribution in [2.75, 3.05) is 13.1 Å². The SMILES string of the molecule is CCC(NC(=O)N1CCC(C(=O)O)CC1)C(c1ccc(C)cc1)n1cncn1. The topological polar surface area (TPSA) is 100 Å². The highest BCUT2D eigenvalue weighted by molar-refractivity contribution is 5.75.